The molecule has 0 saturated carbocycles. The predicted octanol–water partition coefficient (Wildman–Crippen LogP) is 3.67. The molecule has 9 heteroatoms. The van der Waals surface area contributed by atoms with Crippen LogP contribution in [0.4, 0.5) is 11.4 Å². The summed E-state index contributed by atoms with van der Waals surface area (Å²) in [6.45, 7) is 0.220. The van der Waals surface area contributed by atoms with Gasteiger partial charge in [-0.1, -0.05) is 36.4 Å². The predicted molar refractivity (Wildman–Crippen MR) is 113 cm³/mol. The van der Waals surface area contributed by atoms with Crippen LogP contribution in [0.25, 0.3) is 0 Å². The number of rotatable bonds is 7. The first kappa shape index (κ1) is 21.2. The zero-order chi connectivity index (χ0) is 21.7. The fourth-order valence-electron chi connectivity index (χ4n) is 2.78. The van der Waals surface area contributed by atoms with Crippen molar-refractivity contribution in [3.63, 3.8) is 0 Å². The summed E-state index contributed by atoms with van der Waals surface area (Å²) in [6, 6.07) is 20.3. The Morgan fingerprint density at radius 2 is 1.67 bits per heavy atom. The standard InChI is InChI=1S/C21H19N3O5S/c1-23(15-16-6-3-2-4-7-16)30(28,29)20-12-10-17(11-13-20)21(25)22-18-8-5-9-19(14-18)24(26)27/h2-14H,15H2,1H3,(H,22,25). The van der Waals surface area contributed by atoms with E-state index in [1.165, 1.54) is 59.9 Å². The minimum Gasteiger partial charge on any atom is -0.322 e. The van der Waals surface area contributed by atoms with Gasteiger partial charge in [0.15, 0.2) is 0 Å². The zero-order valence-corrected chi connectivity index (χ0v) is 16.9. The molecule has 3 aromatic rings. The van der Waals surface area contributed by atoms with Crippen LogP contribution in [0.15, 0.2) is 83.8 Å². The quantitative estimate of drug-likeness (QED) is 0.459. The third kappa shape index (κ3) is 4.88. The Kier molecular flexibility index (Phi) is 6.24. The monoisotopic (exact) mass is 425 g/mol. The molecule has 0 atom stereocenters. The molecule has 0 aliphatic heterocycles. The summed E-state index contributed by atoms with van der Waals surface area (Å²) in [6.07, 6.45) is 0. The SMILES string of the molecule is CN(Cc1ccccc1)S(=O)(=O)c1ccc(C(=O)Nc2cccc([N+](=O)[O-])c2)cc1. The molecule has 3 rings (SSSR count). The summed E-state index contributed by atoms with van der Waals surface area (Å²) < 4.78 is 26.8. The Bertz CT molecular complexity index is 1160. The highest BCUT2D eigenvalue weighted by molar-refractivity contribution is 7.89. The molecule has 154 valence electrons. The van der Waals surface area contributed by atoms with E-state index < -0.39 is 20.9 Å². The van der Waals surface area contributed by atoms with E-state index in [4.69, 9.17) is 0 Å². The average molecular weight is 425 g/mol. The first-order valence-electron chi connectivity index (χ1n) is 8.93. The van der Waals surface area contributed by atoms with Crippen molar-refractivity contribution >= 4 is 27.3 Å². The Balaban J connectivity index is 1.72. The van der Waals surface area contributed by atoms with Gasteiger partial charge in [-0.05, 0) is 35.9 Å². The van der Waals surface area contributed by atoms with Gasteiger partial charge >= 0.3 is 0 Å². The van der Waals surface area contributed by atoms with Gasteiger partial charge in [-0.2, -0.15) is 4.31 Å². The molecule has 0 unspecified atom stereocenters. The van der Waals surface area contributed by atoms with Gasteiger partial charge in [0.1, 0.15) is 0 Å². The molecule has 0 radical (unpaired) electrons. The first-order chi connectivity index (χ1) is 14.3. The van der Waals surface area contributed by atoms with Gasteiger partial charge < -0.3 is 5.32 Å². The number of nitro benzene ring substituents is 1. The van der Waals surface area contributed by atoms with Crippen LogP contribution in [0.1, 0.15) is 15.9 Å². The van der Waals surface area contributed by atoms with E-state index in [-0.39, 0.29) is 28.4 Å². The van der Waals surface area contributed by atoms with Crippen molar-refractivity contribution in [1.29, 1.82) is 0 Å². The van der Waals surface area contributed by atoms with E-state index in [0.29, 0.717) is 0 Å². The summed E-state index contributed by atoms with van der Waals surface area (Å²) >= 11 is 0. The zero-order valence-electron chi connectivity index (χ0n) is 16.1. The average Bonchev–Trinajstić information content (AvgIpc) is 2.74. The number of non-ortho nitro benzene ring substituents is 1. The molecule has 0 spiro atoms. The fraction of sp³-hybridized carbons (Fsp3) is 0.0952. The molecule has 0 saturated heterocycles. The van der Waals surface area contributed by atoms with Crippen LogP contribution in [0.2, 0.25) is 0 Å². The lowest BCUT2D eigenvalue weighted by molar-refractivity contribution is -0.384. The van der Waals surface area contributed by atoms with E-state index in [9.17, 15) is 23.3 Å². The largest absolute Gasteiger partial charge is 0.322 e. The summed E-state index contributed by atoms with van der Waals surface area (Å²) in [4.78, 5) is 22.7. The maximum absolute atomic E-state index is 12.8. The highest BCUT2D eigenvalue weighted by Gasteiger charge is 2.21. The molecule has 0 aromatic heterocycles. The number of nitrogens with one attached hydrogen (secondary N) is 1. The van der Waals surface area contributed by atoms with Crippen molar-refractivity contribution in [3.05, 3.63) is 100 Å². The first-order valence-corrected chi connectivity index (χ1v) is 10.4. The molecule has 0 aliphatic carbocycles. The lowest BCUT2D eigenvalue weighted by atomic mass is 10.2. The summed E-state index contributed by atoms with van der Waals surface area (Å²) in [5.41, 5.74) is 1.21. The van der Waals surface area contributed by atoms with Gasteiger partial charge in [0, 0.05) is 37.0 Å². The number of carbonyl (C=O) groups excluding carboxylic acids is 1. The summed E-state index contributed by atoms with van der Waals surface area (Å²) in [5.74, 6) is -0.503. The minimum atomic E-state index is -3.73. The molecule has 1 amide bonds. The number of hydrogen-bond donors (Lipinski definition) is 1. The molecule has 0 bridgehead atoms. The van der Waals surface area contributed by atoms with Crippen LogP contribution in [0.5, 0.6) is 0 Å². The van der Waals surface area contributed by atoms with Gasteiger partial charge in [-0.3, -0.25) is 14.9 Å². The second kappa shape index (κ2) is 8.85. The van der Waals surface area contributed by atoms with Crippen LogP contribution in [-0.4, -0.2) is 30.6 Å². The summed E-state index contributed by atoms with van der Waals surface area (Å²) in [7, 11) is -2.24. The van der Waals surface area contributed by atoms with Crippen molar-refractivity contribution in [2.24, 2.45) is 0 Å². The Labute approximate surface area is 174 Å². The molecule has 0 fully saturated rings. The van der Waals surface area contributed by atoms with Crippen LogP contribution in [-0.2, 0) is 16.6 Å². The molecule has 8 nitrogen and oxygen atoms in total. The molecular weight excluding hydrogens is 406 g/mol. The number of anilines is 1. The number of benzene rings is 3. The van der Waals surface area contributed by atoms with E-state index in [1.54, 1.807) is 0 Å². The molecular formula is C21H19N3O5S. The maximum Gasteiger partial charge on any atom is 0.271 e. The number of nitrogens with zero attached hydrogens (tertiary/aromatic N) is 2. The highest BCUT2D eigenvalue weighted by Crippen LogP contribution is 2.20. The van der Waals surface area contributed by atoms with Gasteiger partial charge in [0.05, 0.1) is 9.82 Å². The van der Waals surface area contributed by atoms with Gasteiger partial charge in [-0.25, -0.2) is 8.42 Å². The van der Waals surface area contributed by atoms with Crippen molar-refractivity contribution in [1.82, 2.24) is 4.31 Å². The Morgan fingerprint density at radius 1 is 1.00 bits per heavy atom. The lowest BCUT2D eigenvalue weighted by Crippen LogP contribution is -2.26. The van der Waals surface area contributed by atoms with Crippen LogP contribution < -0.4 is 5.32 Å². The maximum atomic E-state index is 12.8. The van der Waals surface area contributed by atoms with Gasteiger partial charge in [-0.15, -0.1) is 0 Å². The van der Waals surface area contributed by atoms with Gasteiger partial charge in [0.25, 0.3) is 11.6 Å². The number of carbonyl (C=O) groups is 1. The van der Waals surface area contributed by atoms with E-state index in [2.05, 4.69) is 5.32 Å². The van der Waals surface area contributed by atoms with E-state index >= 15 is 0 Å². The molecule has 0 aliphatic rings. The number of hydrogen-bond acceptors (Lipinski definition) is 5. The number of amides is 1. The van der Waals surface area contributed by atoms with Gasteiger partial charge in [0.2, 0.25) is 10.0 Å². The lowest BCUT2D eigenvalue weighted by Gasteiger charge is -2.17. The highest BCUT2D eigenvalue weighted by atomic mass is 32.2. The Morgan fingerprint density at radius 3 is 2.30 bits per heavy atom. The molecule has 3 aromatic carbocycles. The Hall–Kier alpha value is -3.56. The van der Waals surface area contributed by atoms with Crippen molar-refractivity contribution in [2.45, 2.75) is 11.4 Å². The number of nitro groups is 1. The summed E-state index contributed by atoms with van der Waals surface area (Å²) in [5, 5.41) is 13.4. The smallest absolute Gasteiger partial charge is 0.271 e. The van der Waals surface area contributed by atoms with Crippen LogP contribution in [0.3, 0.4) is 0 Å². The van der Waals surface area contributed by atoms with E-state index in [1.807, 2.05) is 30.3 Å². The molecule has 30 heavy (non-hydrogen) atoms. The van der Waals surface area contributed by atoms with E-state index in [0.717, 1.165) is 5.56 Å². The van der Waals surface area contributed by atoms with Crippen molar-refractivity contribution in [2.75, 3.05) is 12.4 Å². The normalized spacial score (nSPS) is 11.3. The molecule has 1 N–H and O–H groups in total. The third-order valence-electron chi connectivity index (χ3n) is 4.39. The van der Waals surface area contributed by atoms with Crippen LogP contribution >= 0.6 is 0 Å². The third-order valence-corrected chi connectivity index (χ3v) is 6.21. The molecule has 0 heterocycles. The second-order valence-electron chi connectivity index (χ2n) is 6.53. The van der Waals surface area contributed by atoms with Crippen molar-refractivity contribution < 1.29 is 18.1 Å². The van der Waals surface area contributed by atoms with Crippen molar-refractivity contribution in [3.8, 4) is 0 Å². The topological polar surface area (TPSA) is 110 Å². The fourth-order valence-corrected chi connectivity index (χ4v) is 3.94. The second-order valence-corrected chi connectivity index (χ2v) is 8.58. The minimum absolute atomic E-state index is 0.0628. The number of sulfonamides is 1. The van der Waals surface area contributed by atoms with Crippen LogP contribution in [0, 0.1) is 10.1 Å².